The highest BCUT2D eigenvalue weighted by Crippen LogP contribution is 2.26. The van der Waals surface area contributed by atoms with Gasteiger partial charge in [-0.2, -0.15) is 0 Å². The number of carbonyl (C=O) groups is 1. The fourth-order valence-corrected chi connectivity index (χ4v) is 2.58. The van der Waals surface area contributed by atoms with E-state index in [4.69, 9.17) is 21.8 Å². The number of carboxylic acid groups (broad SMARTS) is 1. The summed E-state index contributed by atoms with van der Waals surface area (Å²) in [6.07, 6.45) is 3.84. The van der Waals surface area contributed by atoms with Crippen molar-refractivity contribution in [3.8, 4) is 0 Å². The van der Waals surface area contributed by atoms with E-state index in [1.807, 2.05) is 6.08 Å². The van der Waals surface area contributed by atoms with Gasteiger partial charge in [0.2, 0.25) is 0 Å². The molecule has 6 nitrogen and oxygen atoms in total. The Morgan fingerprint density at radius 2 is 2.35 bits per heavy atom. The SMILES string of the molecule is O=C(O)N1CC=C(C2NC=C([C@H](O)CO)C=C2Cl)CC1. The van der Waals surface area contributed by atoms with Crippen LogP contribution in [0.15, 0.2) is 34.5 Å². The van der Waals surface area contributed by atoms with Crippen LogP contribution >= 0.6 is 11.6 Å². The average molecular weight is 301 g/mol. The van der Waals surface area contributed by atoms with Crippen LogP contribution < -0.4 is 5.32 Å². The number of hydrogen-bond donors (Lipinski definition) is 4. The topological polar surface area (TPSA) is 93.0 Å². The van der Waals surface area contributed by atoms with E-state index in [-0.39, 0.29) is 12.6 Å². The van der Waals surface area contributed by atoms with Gasteiger partial charge in [0.25, 0.3) is 0 Å². The summed E-state index contributed by atoms with van der Waals surface area (Å²) in [5, 5.41) is 30.9. The number of dihydropyridines is 1. The van der Waals surface area contributed by atoms with Crippen LogP contribution in [0.4, 0.5) is 4.79 Å². The lowest BCUT2D eigenvalue weighted by atomic mass is 9.96. The Balaban J connectivity index is 2.05. The summed E-state index contributed by atoms with van der Waals surface area (Å²) >= 11 is 6.20. The standard InChI is InChI=1S/C13H17ClN2O4/c14-10-5-9(11(18)7-17)6-15-12(10)8-1-3-16(4-2-8)13(19)20/h1,5-6,11-12,15,17-18H,2-4,7H2,(H,19,20)/t11-,12?/m1/s1. The Morgan fingerprint density at radius 1 is 1.60 bits per heavy atom. The molecule has 0 aromatic carbocycles. The quantitative estimate of drug-likeness (QED) is 0.574. The Hall–Kier alpha value is -1.50. The van der Waals surface area contributed by atoms with Gasteiger partial charge in [0.05, 0.1) is 12.6 Å². The van der Waals surface area contributed by atoms with E-state index < -0.39 is 12.2 Å². The average Bonchev–Trinajstić information content (AvgIpc) is 2.46. The fourth-order valence-electron chi connectivity index (χ4n) is 2.25. The Bertz CT molecular complexity index is 487. The summed E-state index contributed by atoms with van der Waals surface area (Å²) in [5.41, 5.74) is 1.55. The highest BCUT2D eigenvalue weighted by molar-refractivity contribution is 6.30. The Kier molecular flexibility index (Phi) is 4.69. The molecule has 0 radical (unpaired) electrons. The molecule has 2 aliphatic heterocycles. The molecule has 110 valence electrons. The van der Waals surface area contributed by atoms with Crippen LogP contribution in [0.2, 0.25) is 0 Å². The molecule has 0 saturated heterocycles. The maximum Gasteiger partial charge on any atom is 0.407 e. The molecular weight excluding hydrogens is 284 g/mol. The number of halogens is 1. The van der Waals surface area contributed by atoms with Crippen LogP contribution in [0.3, 0.4) is 0 Å². The first-order valence-electron chi connectivity index (χ1n) is 6.32. The second kappa shape index (κ2) is 6.30. The molecule has 2 heterocycles. The molecule has 0 bridgehead atoms. The number of nitrogens with zero attached hydrogens (tertiary/aromatic N) is 1. The highest BCUT2D eigenvalue weighted by Gasteiger charge is 2.25. The summed E-state index contributed by atoms with van der Waals surface area (Å²) in [5.74, 6) is 0. The largest absolute Gasteiger partial charge is 0.465 e. The fraction of sp³-hybridized carbons (Fsp3) is 0.462. The van der Waals surface area contributed by atoms with Gasteiger partial charge in [-0.25, -0.2) is 4.79 Å². The van der Waals surface area contributed by atoms with Gasteiger partial charge in [-0.3, -0.25) is 0 Å². The first kappa shape index (κ1) is 14.9. The minimum absolute atomic E-state index is 0.192. The first-order valence-corrected chi connectivity index (χ1v) is 6.69. The maximum absolute atomic E-state index is 10.8. The first-order chi connectivity index (χ1) is 9.52. The van der Waals surface area contributed by atoms with Gasteiger partial charge in [0.1, 0.15) is 6.10 Å². The second-order valence-electron chi connectivity index (χ2n) is 4.73. The van der Waals surface area contributed by atoms with Gasteiger partial charge < -0.3 is 25.5 Å². The lowest BCUT2D eigenvalue weighted by Crippen LogP contribution is -2.39. The monoisotopic (exact) mass is 300 g/mol. The Morgan fingerprint density at radius 3 is 2.85 bits per heavy atom. The summed E-state index contributed by atoms with van der Waals surface area (Å²) in [6.45, 7) is 0.428. The molecule has 20 heavy (non-hydrogen) atoms. The predicted molar refractivity (Wildman–Crippen MR) is 74.3 cm³/mol. The van der Waals surface area contributed by atoms with Crippen LogP contribution in [-0.2, 0) is 0 Å². The summed E-state index contributed by atoms with van der Waals surface area (Å²) in [6, 6.07) is -0.192. The molecular formula is C13H17ClN2O4. The minimum atomic E-state index is -0.958. The predicted octanol–water partition coefficient (Wildman–Crippen LogP) is 0.628. The smallest absolute Gasteiger partial charge is 0.407 e. The highest BCUT2D eigenvalue weighted by atomic mass is 35.5. The molecule has 0 aromatic rings. The van der Waals surface area contributed by atoms with E-state index in [0.717, 1.165) is 5.57 Å². The molecule has 0 saturated carbocycles. The van der Waals surface area contributed by atoms with Gasteiger partial charge in [-0.05, 0) is 23.6 Å². The lowest BCUT2D eigenvalue weighted by molar-refractivity contribution is 0.124. The maximum atomic E-state index is 10.8. The van der Waals surface area contributed by atoms with Crippen molar-refractivity contribution in [1.82, 2.24) is 10.2 Å². The molecule has 7 heteroatoms. The van der Waals surface area contributed by atoms with E-state index in [1.165, 1.54) is 4.90 Å². The molecule has 2 aliphatic rings. The van der Waals surface area contributed by atoms with Crippen molar-refractivity contribution >= 4 is 17.7 Å². The van der Waals surface area contributed by atoms with Crippen molar-refractivity contribution in [3.05, 3.63) is 34.5 Å². The number of nitrogens with one attached hydrogen (secondary N) is 1. The van der Waals surface area contributed by atoms with Gasteiger partial charge in [0, 0.05) is 24.3 Å². The van der Waals surface area contributed by atoms with Crippen molar-refractivity contribution in [1.29, 1.82) is 0 Å². The van der Waals surface area contributed by atoms with Crippen LogP contribution in [0.25, 0.3) is 0 Å². The minimum Gasteiger partial charge on any atom is -0.465 e. The van der Waals surface area contributed by atoms with Gasteiger partial charge >= 0.3 is 6.09 Å². The van der Waals surface area contributed by atoms with Crippen molar-refractivity contribution in [2.75, 3.05) is 19.7 Å². The number of aliphatic hydroxyl groups excluding tert-OH is 2. The van der Waals surface area contributed by atoms with Crippen LogP contribution in [0.1, 0.15) is 6.42 Å². The van der Waals surface area contributed by atoms with Crippen molar-refractivity contribution in [3.63, 3.8) is 0 Å². The molecule has 2 atom stereocenters. The lowest BCUT2D eigenvalue weighted by Gasteiger charge is -2.30. The van der Waals surface area contributed by atoms with Gasteiger partial charge in [-0.1, -0.05) is 17.7 Å². The van der Waals surface area contributed by atoms with Crippen LogP contribution in [0, 0.1) is 0 Å². The third kappa shape index (κ3) is 3.15. The van der Waals surface area contributed by atoms with Gasteiger partial charge in [-0.15, -0.1) is 0 Å². The van der Waals surface area contributed by atoms with E-state index in [0.29, 0.717) is 30.1 Å². The molecule has 1 unspecified atom stereocenters. The number of hydrogen-bond acceptors (Lipinski definition) is 4. The van der Waals surface area contributed by atoms with Crippen molar-refractivity contribution in [2.24, 2.45) is 0 Å². The van der Waals surface area contributed by atoms with Crippen molar-refractivity contribution < 1.29 is 20.1 Å². The second-order valence-corrected chi connectivity index (χ2v) is 5.17. The zero-order chi connectivity index (χ0) is 14.7. The molecule has 2 rings (SSSR count). The van der Waals surface area contributed by atoms with Crippen LogP contribution in [-0.4, -0.2) is 58.2 Å². The number of amides is 1. The third-order valence-corrected chi connectivity index (χ3v) is 3.77. The summed E-state index contributed by atoms with van der Waals surface area (Å²) in [7, 11) is 0. The normalized spacial score (nSPS) is 24.2. The zero-order valence-electron chi connectivity index (χ0n) is 10.8. The molecule has 0 fully saturated rings. The van der Waals surface area contributed by atoms with E-state index in [1.54, 1.807) is 12.3 Å². The zero-order valence-corrected chi connectivity index (χ0v) is 11.5. The Labute approximate surface area is 121 Å². The number of rotatable bonds is 3. The number of aliphatic hydroxyl groups is 2. The van der Waals surface area contributed by atoms with E-state index in [2.05, 4.69) is 5.32 Å². The van der Waals surface area contributed by atoms with Crippen molar-refractivity contribution in [2.45, 2.75) is 18.6 Å². The van der Waals surface area contributed by atoms with Gasteiger partial charge in [0.15, 0.2) is 0 Å². The third-order valence-electron chi connectivity index (χ3n) is 3.44. The van der Waals surface area contributed by atoms with E-state index in [9.17, 15) is 9.90 Å². The molecule has 0 spiro atoms. The summed E-state index contributed by atoms with van der Waals surface area (Å²) < 4.78 is 0. The molecule has 0 aliphatic carbocycles. The molecule has 4 N–H and O–H groups in total. The summed E-state index contributed by atoms with van der Waals surface area (Å²) in [4.78, 5) is 12.2. The molecule has 0 aromatic heterocycles. The molecule has 1 amide bonds. The van der Waals surface area contributed by atoms with E-state index >= 15 is 0 Å². The van der Waals surface area contributed by atoms with Crippen LogP contribution in [0.5, 0.6) is 0 Å².